The van der Waals surface area contributed by atoms with Crippen molar-refractivity contribution >= 4 is 17.7 Å². The third-order valence-corrected chi connectivity index (χ3v) is 6.35. The van der Waals surface area contributed by atoms with E-state index in [0.29, 0.717) is 28.7 Å². The molecule has 0 radical (unpaired) electrons. The zero-order valence-electron chi connectivity index (χ0n) is 19.3. The minimum absolute atomic E-state index is 0.0966. The van der Waals surface area contributed by atoms with Gasteiger partial charge in [-0.2, -0.15) is 0 Å². The van der Waals surface area contributed by atoms with E-state index >= 15 is 0 Å². The quantitative estimate of drug-likeness (QED) is 0.306. The number of ether oxygens (including phenoxy) is 1. The SMILES string of the molecule is COc1ccc(CN(C)C(=O)CSc2nnc(-c3ccccc3F)n2Cc2ccccc2)cc1F. The van der Waals surface area contributed by atoms with Gasteiger partial charge in [0.05, 0.1) is 25.0 Å². The van der Waals surface area contributed by atoms with Crippen LogP contribution in [0.15, 0.2) is 78.0 Å². The number of carbonyl (C=O) groups is 1. The first-order valence-corrected chi connectivity index (χ1v) is 11.9. The number of hydrogen-bond acceptors (Lipinski definition) is 5. The van der Waals surface area contributed by atoms with Gasteiger partial charge in [-0.05, 0) is 35.4 Å². The summed E-state index contributed by atoms with van der Waals surface area (Å²) in [6.45, 7) is 0.673. The summed E-state index contributed by atoms with van der Waals surface area (Å²) in [7, 11) is 3.06. The van der Waals surface area contributed by atoms with E-state index in [1.165, 1.54) is 42.0 Å². The molecule has 0 aliphatic carbocycles. The molecule has 4 rings (SSSR count). The molecule has 35 heavy (non-hydrogen) atoms. The number of halogens is 2. The molecule has 1 heterocycles. The van der Waals surface area contributed by atoms with Crippen LogP contribution in [0.4, 0.5) is 8.78 Å². The maximum Gasteiger partial charge on any atom is 0.233 e. The van der Waals surface area contributed by atoms with Gasteiger partial charge >= 0.3 is 0 Å². The van der Waals surface area contributed by atoms with Crippen LogP contribution < -0.4 is 4.74 Å². The lowest BCUT2D eigenvalue weighted by molar-refractivity contribution is -0.127. The van der Waals surface area contributed by atoms with Gasteiger partial charge in [-0.1, -0.05) is 60.3 Å². The Morgan fingerprint density at radius 1 is 0.971 bits per heavy atom. The molecule has 1 aromatic heterocycles. The molecule has 0 bridgehead atoms. The molecule has 0 aliphatic rings. The summed E-state index contributed by atoms with van der Waals surface area (Å²) in [5.74, 6) is -0.388. The summed E-state index contributed by atoms with van der Waals surface area (Å²) in [6, 6.07) is 20.7. The normalized spacial score (nSPS) is 10.9. The lowest BCUT2D eigenvalue weighted by atomic mass is 10.2. The Labute approximate surface area is 206 Å². The van der Waals surface area contributed by atoms with E-state index in [2.05, 4.69) is 10.2 Å². The van der Waals surface area contributed by atoms with Crippen molar-refractivity contribution in [3.8, 4) is 17.1 Å². The summed E-state index contributed by atoms with van der Waals surface area (Å²) in [5.41, 5.74) is 1.99. The van der Waals surface area contributed by atoms with E-state index in [9.17, 15) is 13.6 Å². The van der Waals surface area contributed by atoms with Gasteiger partial charge in [0.15, 0.2) is 22.5 Å². The van der Waals surface area contributed by atoms with Gasteiger partial charge in [0.2, 0.25) is 5.91 Å². The molecule has 1 amide bonds. The molecule has 0 saturated carbocycles. The first-order chi connectivity index (χ1) is 17.0. The van der Waals surface area contributed by atoms with E-state index in [1.54, 1.807) is 31.3 Å². The summed E-state index contributed by atoms with van der Waals surface area (Å²) >= 11 is 1.23. The Morgan fingerprint density at radius 2 is 1.71 bits per heavy atom. The summed E-state index contributed by atoms with van der Waals surface area (Å²) < 4.78 is 35.3. The molecule has 0 saturated heterocycles. The largest absolute Gasteiger partial charge is 0.494 e. The number of aromatic nitrogens is 3. The Hall–Kier alpha value is -3.72. The monoisotopic (exact) mass is 494 g/mol. The van der Waals surface area contributed by atoms with Crippen molar-refractivity contribution in [3.05, 3.63) is 95.6 Å². The second kappa shape index (κ2) is 11.1. The third kappa shape index (κ3) is 5.86. The maximum atomic E-state index is 14.5. The zero-order valence-corrected chi connectivity index (χ0v) is 20.1. The van der Waals surface area contributed by atoms with Crippen LogP contribution in [0.25, 0.3) is 11.4 Å². The van der Waals surface area contributed by atoms with Gasteiger partial charge in [-0.25, -0.2) is 8.78 Å². The molecule has 3 aromatic carbocycles. The molecule has 0 fully saturated rings. The third-order valence-electron chi connectivity index (χ3n) is 5.40. The van der Waals surface area contributed by atoms with E-state index < -0.39 is 11.6 Å². The highest BCUT2D eigenvalue weighted by atomic mass is 32.2. The molecule has 180 valence electrons. The Morgan fingerprint density at radius 3 is 2.43 bits per heavy atom. The summed E-state index contributed by atoms with van der Waals surface area (Å²) in [4.78, 5) is 14.3. The average molecular weight is 495 g/mol. The Bertz CT molecular complexity index is 1310. The van der Waals surface area contributed by atoms with E-state index in [-0.39, 0.29) is 24.0 Å². The van der Waals surface area contributed by atoms with Crippen LogP contribution in [-0.2, 0) is 17.9 Å². The number of nitrogens with zero attached hydrogens (tertiary/aromatic N) is 4. The van der Waals surface area contributed by atoms with Crippen molar-refractivity contribution in [1.82, 2.24) is 19.7 Å². The fraction of sp³-hybridized carbons (Fsp3) is 0.192. The van der Waals surface area contributed by atoms with Crippen molar-refractivity contribution < 1.29 is 18.3 Å². The Kier molecular flexibility index (Phi) is 7.77. The standard InChI is InChI=1S/C26H24F2N4O2S/c1-31(15-19-12-13-23(34-2)22(28)14-19)24(33)17-35-26-30-29-25(20-10-6-7-11-21(20)27)32(26)16-18-8-4-3-5-9-18/h3-14H,15-17H2,1-2H3. The van der Waals surface area contributed by atoms with Crippen LogP contribution >= 0.6 is 11.8 Å². The molecule has 4 aromatic rings. The van der Waals surface area contributed by atoms with E-state index in [4.69, 9.17) is 4.74 Å². The van der Waals surface area contributed by atoms with Crippen LogP contribution in [-0.4, -0.2) is 45.5 Å². The second-order valence-corrected chi connectivity index (χ2v) is 8.81. The predicted molar refractivity (Wildman–Crippen MR) is 131 cm³/mol. The van der Waals surface area contributed by atoms with E-state index in [0.717, 1.165) is 5.56 Å². The molecule has 0 aliphatic heterocycles. The maximum absolute atomic E-state index is 14.5. The number of benzene rings is 3. The smallest absolute Gasteiger partial charge is 0.233 e. The minimum atomic E-state index is -0.477. The minimum Gasteiger partial charge on any atom is -0.494 e. The first-order valence-electron chi connectivity index (χ1n) is 10.9. The summed E-state index contributed by atoms with van der Waals surface area (Å²) in [5, 5.41) is 8.99. The number of methoxy groups -OCH3 is 1. The first kappa shape index (κ1) is 24.4. The fourth-order valence-corrected chi connectivity index (χ4v) is 4.43. The van der Waals surface area contributed by atoms with Gasteiger partial charge < -0.3 is 9.64 Å². The molecule has 0 N–H and O–H groups in total. The highest BCUT2D eigenvalue weighted by molar-refractivity contribution is 7.99. The van der Waals surface area contributed by atoms with Crippen LogP contribution in [0.2, 0.25) is 0 Å². The van der Waals surface area contributed by atoms with Crippen molar-refractivity contribution in [3.63, 3.8) is 0 Å². The number of amides is 1. The van der Waals surface area contributed by atoms with Crippen LogP contribution in [0.1, 0.15) is 11.1 Å². The highest BCUT2D eigenvalue weighted by Gasteiger charge is 2.19. The fourth-order valence-electron chi connectivity index (χ4n) is 3.55. The van der Waals surface area contributed by atoms with E-state index in [1.807, 2.05) is 34.9 Å². The summed E-state index contributed by atoms with van der Waals surface area (Å²) in [6.07, 6.45) is 0. The molecule has 9 heteroatoms. The van der Waals surface area contributed by atoms with Gasteiger partial charge in [0.1, 0.15) is 5.82 Å². The lowest BCUT2D eigenvalue weighted by Gasteiger charge is -2.17. The molecule has 0 spiro atoms. The molecule has 6 nitrogen and oxygen atoms in total. The zero-order chi connectivity index (χ0) is 24.8. The van der Waals surface area contributed by atoms with Crippen LogP contribution in [0, 0.1) is 11.6 Å². The van der Waals surface area contributed by atoms with Crippen molar-refractivity contribution in [2.24, 2.45) is 0 Å². The van der Waals surface area contributed by atoms with Crippen molar-refractivity contribution in [2.45, 2.75) is 18.2 Å². The number of hydrogen-bond donors (Lipinski definition) is 0. The lowest BCUT2D eigenvalue weighted by Crippen LogP contribution is -2.28. The second-order valence-electron chi connectivity index (χ2n) is 7.87. The topological polar surface area (TPSA) is 60.2 Å². The number of carbonyl (C=O) groups excluding carboxylic acids is 1. The van der Waals surface area contributed by atoms with Crippen LogP contribution in [0.5, 0.6) is 5.75 Å². The van der Waals surface area contributed by atoms with Crippen LogP contribution in [0.3, 0.4) is 0 Å². The van der Waals surface area contributed by atoms with Crippen molar-refractivity contribution in [2.75, 3.05) is 19.9 Å². The molecule has 0 unspecified atom stereocenters. The Balaban J connectivity index is 1.51. The van der Waals surface area contributed by atoms with Gasteiger partial charge in [0, 0.05) is 13.6 Å². The average Bonchev–Trinajstić information content (AvgIpc) is 3.25. The molecular weight excluding hydrogens is 470 g/mol. The van der Waals surface area contributed by atoms with Gasteiger partial charge in [-0.3, -0.25) is 9.36 Å². The molecular formula is C26H24F2N4O2S. The predicted octanol–water partition coefficient (Wildman–Crippen LogP) is 5.03. The molecule has 0 atom stereocenters. The number of rotatable bonds is 9. The van der Waals surface area contributed by atoms with Gasteiger partial charge in [-0.15, -0.1) is 10.2 Å². The number of thioether (sulfide) groups is 1. The van der Waals surface area contributed by atoms with Gasteiger partial charge in [0.25, 0.3) is 0 Å². The van der Waals surface area contributed by atoms with Crippen molar-refractivity contribution in [1.29, 1.82) is 0 Å². The highest BCUT2D eigenvalue weighted by Crippen LogP contribution is 2.27.